The van der Waals surface area contributed by atoms with E-state index >= 15 is 0 Å². The Hall–Kier alpha value is -2.57. The predicted molar refractivity (Wildman–Crippen MR) is 119 cm³/mol. The first-order valence-corrected chi connectivity index (χ1v) is 11.5. The molecule has 7 nitrogen and oxygen atoms in total. The summed E-state index contributed by atoms with van der Waals surface area (Å²) in [5.41, 5.74) is 0.746. The summed E-state index contributed by atoms with van der Waals surface area (Å²) in [4.78, 5) is 39.2. The number of anilines is 1. The Bertz CT molecular complexity index is 761. The van der Waals surface area contributed by atoms with E-state index in [0.717, 1.165) is 18.5 Å². The molecule has 1 heterocycles. The fourth-order valence-electron chi connectivity index (χ4n) is 4.45. The molecule has 0 spiro atoms. The highest BCUT2D eigenvalue weighted by atomic mass is 16.5. The number of amides is 3. The van der Waals surface area contributed by atoms with Crippen molar-refractivity contribution in [2.24, 2.45) is 17.8 Å². The highest BCUT2D eigenvalue weighted by Gasteiger charge is 2.33. The van der Waals surface area contributed by atoms with E-state index < -0.39 is 6.10 Å². The smallest absolute Gasteiger partial charge is 0.321 e. The van der Waals surface area contributed by atoms with Gasteiger partial charge in [0.15, 0.2) is 6.10 Å². The zero-order valence-corrected chi connectivity index (χ0v) is 18.8. The Morgan fingerprint density at radius 1 is 1.03 bits per heavy atom. The molecular weight excluding hydrogens is 394 g/mol. The molecule has 0 unspecified atom stereocenters. The average molecular weight is 430 g/mol. The molecule has 3 amide bonds. The lowest BCUT2D eigenvalue weighted by molar-refractivity contribution is -0.160. The zero-order chi connectivity index (χ0) is 22.4. The van der Waals surface area contributed by atoms with Crippen LogP contribution in [-0.2, 0) is 14.3 Å². The summed E-state index contributed by atoms with van der Waals surface area (Å²) in [5.74, 6) is 0.146. The fraction of sp³-hybridized carbons (Fsp3) is 0.625. The van der Waals surface area contributed by atoms with Crippen molar-refractivity contribution in [3.63, 3.8) is 0 Å². The normalized spacial score (nSPS) is 25.4. The molecule has 1 aromatic rings. The van der Waals surface area contributed by atoms with E-state index in [1.165, 1.54) is 6.42 Å². The Labute approximate surface area is 184 Å². The van der Waals surface area contributed by atoms with Crippen LogP contribution in [0.3, 0.4) is 0 Å². The van der Waals surface area contributed by atoms with Gasteiger partial charge in [0.2, 0.25) is 0 Å². The van der Waals surface area contributed by atoms with Crippen molar-refractivity contribution >= 4 is 23.6 Å². The number of piperidine rings is 1. The van der Waals surface area contributed by atoms with E-state index in [-0.39, 0.29) is 29.9 Å². The van der Waals surface area contributed by atoms with E-state index in [1.54, 1.807) is 11.8 Å². The molecule has 3 rings (SSSR count). The largest absolute Gasteiger partial charge is 0.452 e. The third kappa shape index (κ3) is 6.21. The Kier molecular flexibility index (Phi) is 7.93. The lowest BCUT2D eigenvalue weighted by Gasteiger charge is -2.35. The number of hydrogen-bond acceptors (Lipinski definition) is 4. The summed E-state index contributed by atoms with van der Waals surface area (Å²) in [7, 11) is 0. The van der Waals surface area contributed by atoms with Crippen molar-refractivity contribution in [1.82, 2.24) is 10.2 Å². The number of likely N-dealkylation sites (tertiary alicyclic amines) is 1. The lowest BCUT2D eigenvalue weighted by atomic mass is 9.78. The number of esters is 1. The Morgan fingerprint density at radius 3 is 2.39 bits per heavy atom. The molecular formula is C24H35N3O4. The molecule has 170 valence electrons. The molecule has 1 aromatic carbocycles. The summed E-state index contributed by atoms with van der Waals surface area (Å²) < 4.78 is 5.48. The highest BCUT2D eigenvalue weighted by molar-refractivity contribution is 5.89. The average Bonchev–Trinajstić information content (AvgIpc) is 2.77. The number of urea groups is 1. The number of hydrogen-bond donors (Lipinski definition) is 2. The minimum atomic E-state index is -0.809. The molecule has 0 radical (unpaired) electrons. The van der Waals surface area contributed by atoms with Crippen LogP contribution in [0.5, 0.6) is 0 Å². The number of carbonyl (C=O) groups is 3. The van der Waals surface area contributed by atoms with Gasteiger partial charge in [-0.2, -0.15) is 0 Å². The summed E-state index contributed by atoms with van der Waals surface area (Å²) in [6, 6.07) is 9.27. The van der Waals surface area contributed by atoms with Crippen LogP contribution in [0.15, 0.2) is 30.3 Å². The maximum Gasteiger partial charge on any atom is 0.321 e. The molecule has 2 N–H and O–H groups in total. The van der Waals surface area contributed by atoms with Crippen LogP contribution in [-0.4, -0.2) is 48.0 Å². The van der Waals surface area contributed by atoms with Gasteiger partial charge < -0.3 is 20.3 Å². The van der Waals surface area contributed by atoms with Crippen LogP contribution in [0, 0.1) is 17.8 Å². The lowest BCUT2D eigenvalue weighted by Crippen LogP contribution is -2.48. The van der Waals surface area contributed by atoms with Crippen LogP contribution in [0.4, 0.5) is 10.5 Å². The Morgan fingerprint density at radius 2 is 1.71 bits per heavy atom. The third-order valence-electron chi connectivity index (χ3n) is 6.84. The number of nitrogens with zero attached hydrogens (tertiary/aromatic N) is 1. The fourth-order valence-corrected chi connectivity index (χ4v) is 4.45. The van der Waals surface area contributed by atoms with E-state index in [1.807, 2.05) is 30.3 Å². The molecule has 1 aliphatic heterocycles. The quantitative estimate of drug-likeness (QED) is 0.697. The van der Waals surface area contributed by atoms with Crippen molar-refractivity contribution in [2.75, 3.05) is 18.4 Å². The van der Waals surface area contributed by atoms with E-state index in [9.17, 15) is 14.4 Å². The highest BCUT2D eigenvalue weighted by Crippen LogP contribution is 2.29. The van der Waals surface area contributed by atoms with Gasteiger partial charge in [-0.1, -0.05) is 44.9 Å². The molecule has 0 aromatic heterocycles. The minimum absolute atomic E-state index is 0.142. The van der Waals surface area contributed by atoms with Crippen molar-refractivity contribution in [3.8, 4) is 0 Å². The first-order valence-electron chi connectivity index (χ1n) is 11.5. The molecule has 2 aliphatic rings. The van der Waals surface area contributed by atoms with Crippen LogP contribution >= 0.6 is 0 Å². The molecule has 1 saturated carbocycles. The van der Waals surface area contributed by atoms with Gasteiger partial charge in [-0.05, 0) is 50.2 Å². The molecule has 7 heteroatoms. The first-order chi connectivity index (χ1) is 14.8. The Balaban J connectivity index is 1.41. The first kappa shape index (κ1) is 23.1. The second-order valence-electron chi connectivity index (χ2n) is 9.02. The number of rotatable bonds is 5. The van der Waals surface area contributed by atoms with Gasteiger partial charge in [-0.3, -0.25) is 9.59 Å². The van der Waals surface area contributed by atoms with Crippen LogP contribution in [0.1, 0.15) is 52.9 Å². The van der Waals surface area contributed by atoms with Crippen molar-refractivity contribution in [1.29, 1.82) is 0 Å². The van der Waals surface area contributed by atoms with Gasteiger partial charge in [0.1, 0.15) is 0 Å². The number of carbonyl (C=O) groups excluding carboxylic acids is 3. The van der Waals surface area contributed by atoms with Crippen molar-refractivity contribution in [3.05, 3.63) is 30.3 Å². The number of nitrogens with one attached hydrogen (secondary N) is 2. The van der Waals surface area contributed by atoms with Gasteiger partial charge in [0, 0.05) is 24.8 Å². The van der Waals surface area contributed by atoms with E-state index in [2.05, 4.69) is 24.5 Å². The molecule has 4 atom stereocenters. The topological polar surface area (TPSA) is 87.7 Å². The van der Waals surface area contributed by atoms with E-state index in [4.69, 9.17) is 4.74 Å². The van der Waals surface area contributed by atoms with Gasteiger partial charge in [-0.15, -0.1) is 0 Å². The number of benzene rings is 1. The summed E-state index contributed by atoms with van der Waals surface area (Å²) in [6.45, 7) is 6.99. The second kappa shape index (κ2) is 10.6. The zero-order valence-electron chi connectivity index (χ0n) is 18.8. The summed E-state index contributed by atoms with van der Waals surface area (Å²) in [6.07, 6.45) is 3.54. The van der Waals surface area contributed by atoms with Gasteiger partial charge >= 0.3 is 12.0 Å². The minimum Gasteiger partial charge on any atom is -0.452 e. The number of ether oxygens (including phenoxy) is 1. The summed E-state index contributed by atoms with van der Waals surface area (Å²) in [5, 5.41) is 5.94. The SMILES string of the molecule is C[C@@H]1[C@H](C)CCC[C@@H]1NC(=O)[C@@H](C)OC(=O)C1CCN(C(=O)Nc2ccccc2)CC1. The second-order valence-corrected chi connectivity index (χ2v) is 9.02. The van der Waals surface area contributed by atoms with Gasteiger partial charge in [0.25, 0.3) is 5.91 Å². The molecule has 1 saturated heterocycles. The molecule has 1 aliphatic carbocycles. The third-order valence-corrected chi connectivity index (χ3v) is 6.84. The monoisotopic (exact) mass is 429 g/mol. The van der Waals surface area contributed by atoms with Gasteiger partial charge in [-0.25, -0.2) is 4.79 Å². The summed E-state index contributed by atoms with van der Waals surface area (Å²) >= 11 is 0. The van der Waals surface area contributed by atoms with Gasteiger partial charge in [0.05, 0.1) is 5.92 Å². The molecule has 2 fully saturated rings. The van der Waals surface area contributed by atoms with Crippen LogP contribution in [0.2, 0.25) is 0 Å². The van der Waals surface area contributed by atoms with E-state index in [0.29, 0.717) is 37.8 Å². The van der Waals surface area contributed by atoms with Crippen LogP contribution in [0.25, 0.3) is 0 Å². The maximum absolute atomic E-state index is 12.6. The predicted octanol–water partition coefficient (Wildman–Crippen LogP) is 3.80. The van der Waals surface area contributed by atoms with Crippen LogP contribution < -0.4 is 10.6 Å². The number of para-hydroxylation sites is 1. The maximum atomic E-state index is 12.6. The van der Waals surface area contributed by atoms with Crippen molar-refractivity contribution < 1.29 is 19.1 Å². The molecule has 31 heavy (non-hydrogen) atoms. The standard InChI is InChI=1S/C24H35N3O4/c1-16-8-7-11-21(17(16)2)26-22(28)18(3)31-23(29)19-12-14-27(15-13-19)24(30)25-20-9-5-4-6-10-20/h4-6,9-10,16-19,21H,7-8,11-15H2,1-3H3,(H,25,30)(H,26,28)/t16-,17-,18-,21+/m1/s1. The van der Waals surface area contributed by atoms with Crippen molar-refractivity contribution in [2.45, 2.75) is 65.0 Å². The molecule has 0 bridgehead atoms.